The molecule has 2 amide bonds. The van der Waals surface area contributed by atoms with Crippen molar-refractivity contribution in [3.8, 4) is 5.75 Å². The fourth-order valence-electron chi connectivity index (χ4n) is 5.93. The van der Waals surface area contributed by atoms with Crippen LogP contribution in [0.1, 0.15) is 62.1 Å². The van der Waals surface area contributed by atoms with Crippen LogP contribution in [-0.2, 0) is 16.1 Å². The molecule has 37 heavy (non-hydrogen) atoms. The molecule has 5 rings (SSSR count). The van der Waals surface area contributed by atoms with Gasteiger partial charge in [-0.25, -0.2) is 0 Å². The van der Waals surface area contributed by atoms with Crippen molar-refractivity contribution in [2.45, 2.75) is 57.5 Å². The fourth-order valence-corrected chi connectivity index (χ4v) is 6.20. The number of benzene rings is 2. The molecule has 2 saturated heterocycles. The smallest absolute Gasteiger partial charge is 0.229 e. The largest absolute Gasteiger partial charge is 0.496 e. The van der Waals surface area contributed by atoms with Gasteiger partial charge in [0.05, 0.1) is 18.6 Å². The van der Waals surface area contributed by atoms with Gasteiger partial charge in [0.2, 0.25) is 11.8 Å². The molecule has 198 valence electrons. The molecule has 6 nitrogen and oxygen atoms in total. The lowest BCUT2D eigenvalue weighted by molar-refractivity contribution is -0.139. The van der Waals surface area contributed by atoms with Gasteiger partial charge in [0.1, 0.15) is 5.75 Å². The number of likely N-dealkylation sites (tertiary alicyclic amines) is 2. The molecule has 1 N–H and O–H groups in total. The van der Waals surface area contributed by atoms with E-state index >= 15 is 0 Å². The third-order valence-electron chi connectivity index (χ3n) is 8.46. The van der Waals surface area contributed by atoms with Gasteiger partial charge < -0.3 is 19.9 Å². The summed E-state index contributed by atoms with van der Waals surface area (Å²) in [4.78, 5) is 30.6. The first-order valence-corrected chi connectivity index (χ1v) is 14.4. The van der Waals surface area contributed by atoms with Gasteiger partial charge in [0.25, 0.3) is 0 Å². The topological polar surface area (TPSA) is 61.9 Å². The highest BCUT2D eigenvalue weighted by molar-refractivity contribution is 9.10. The lowest BCUT2D eigenvalue weighted by Crippen LogP contribution is -2.45. The molecular weight excluding hydrogens is 530 g/mol. The van der Waals surface area contributed by atoms with E-state index in [4.69, 9.17) is 4.74 Å². The maximum atomic E-state index is 13.4. The minimum absolute atomic E-state index is 0.0761. The molecule has 0 bridgehead atoms. The summed E-state index contributed by atoms with van der Waals surface area (Å²) in [5.74, 6) is 1.84. The number of carbonyl (C=O) groups excluding carboxylic acids is 2. The van der Waals surface area contributed by atoms with Crippen molar-refractivity contribution in [1.29, 1.82) is 0 Å². The molecule has 1 atom stereocenters. The maximum absolute atomic E-state index is 13.4. The van der Waals surface area contributed by atoms with Gasteiger partial charge in [0, 0.05) is 36.1 Å². The Morgan fingerprint density at radius 1 is 1.08 bits per heavy atom. The molecule has 0 aromatic heterocycles. The number of piperidine rings is 1. The molecular formula is C30H38BrN3O3. The molecule has 3 fully saturated rings. The Morgan fingerprint density at radius 2 is 1.78 bits per heavy atom. The van der Waals surface area contributed by atoms with Gasteiger partial charge in [-0.2, -0.15) is 0 Å². The van der Waals surface area contributed by atoms with Crippen LogP contribution in [0.15, 0.2) is 53.0 Å². The molecule has 1 saturated carbocycles. The molecule has 7 heteroatoms. The number of para-hydroxylation sites is 1. The monoisotopic (exact) mass is 567 g/mol. The Balaban J connectivity index is 1.16. The highest BCUT2D eigenvalue weighted by Gasteiger charge is 2.47. The molecule has 2 aromatic rings. The van der Waals surface area contributed by atoms with Crippen LogP contribution in [-0.4, -0.2) is 54.9 Å². The van der Waals surface area contributed by atoms with E-state index in [0.29, 0.717) is 24.8 Å². The third kappa shape index (κ3) is 6.37. The number of amides is 2. The lowest BCUT2D eigenvalue weighted by Gasteiger charge is -2.38. The first kappa shape index (κ1) is 26.2. The summed E-state index contributed by atoms with van der Waals surface area (Å²) < 4.78 is 6.68. The second-order valence-corrected chi connectivity index (χ2v) is 11.9. The van der Waals surface area contributed by atoms with E-state index in [-0.39, 0.29) is 17.4 Å². The Hall–Kier alpha value is -2.38. The van der Waals surface area contributed by atoms with E-state index in [2.05, 4.69) is 44.3 Å². The van der Waals surface area contributed by atoms with E-state index in [0.717, 1.165) is 67.6 Å². The van der Waals surface area contributed by atoms with Crippen molar-refractivity contribution in [3.05, 3.63) is 64.1 Å². The molecule has 0 radical (unpaired) electrons. The van der Waals surface area contributed by atoms with Gasteiger partial charge in [-0.15, -0.1) is 0 Å². The van der Waals surface area contributed by atoms with Crippen LogP contribution in [0, 0.1) is 11.3 Å². The molecule has 1 spiro atoms. The van der Waals surface area contributed by atoms with Crippen LogP contribution in [0.25, 0.3) is 0 Å². The van der Waals surface area contributed by atoms with Crippen LogP contribution in [0.4, 0.5) is 0 Å². The Kier molecular flexibility index (Phi) is 8.20. The van der Waals surface area contributed by atoms with Gasteiger partial charge in [0.15, 0.2) is 0 Å². The normalized spacial score (nSPS) is 20.3. The van der Waals surface area contributed by atoms with Crippen LogP contribution in [0.2, 0.25) is 0 Å². The quantitative estimate of drug-likeness (QED) is 0.422. The van der Waals surface area contributed by atoms with E-state index < -0.39 is 0 Å². The first-order valence-electron chi connectivity index (χ1n) is 13.6. The van der Waals surface area contributed by atoms with E-state index in [9.17, 15) is 9.59 Å². The molecule has 2 aliphatic heterocycles. The Bertz CT molecular complexity index is 1090. The number of rotatable bonds is 10. The molecule has 1 aliphatic carbocycles. The predicted octanol–water partition coefficient (Wildman–Crippen LogP) is 5.32. The summed E-state index contributed by atoms with van der Waals surface area (Å²) in [5.41, 5.74) is 2.01. The summed E-state index contributed by atoms with van der Waals surface area (Å²) in [6, 6.07) is 16.2. The van der Waals surface area contributed by atoms with Gasteiger partial charge >= 0.3 is 0 Å². The maximum Gasteiger partial charge on any atom is 0.229 e. The van der Waals surface area contributed by atoms with Crippen molar-refractivity contribution in [2.75, 3.05) is 33.3 Å². The van der Waals surface area contributed by atoms with Crippen LogP contribution in [0.3, 0.4) is 0 Å². The summed E-state index contributed by atoms with van der Waals surface area (Å²) in [6.07, 6.45) is 6.57. The molecule has 1 unspecified atom stereocenters. The van der Waals surface area contributed by atoms with E-state index in [1.807, 2.05) is 35.2 Å². The van der Waals surface area contributed by atoms with Gasteiger partial charge in [-0.05, 0) is 81.3 Å². The highest BCUT2D eigenvalue weighted by atomic mass is 79.9. The average molecular weight is 569 g/mol. The standard InChI is InChI=1S/C30H38BrN3O3/c1-37-27-5-3-2-4-25(27)26(32-28(35)20-22-6-7-22)12-16-33-17-13-30(14-18-33)15-19-34(29(30)36)21-23-8-10-24(31)11-9-23/h2-5,8-11,22,26H,6-7,12-21H2,1H3,(H,32,35). The van der Waals surface area contributed by atoms with Crippen LogP contribution >= 0.6 is 15.9 Å². The number of methoxy groups -OCH3 is 1. The SMILES string of the molecule is COc1ccccc1C(CCN1CCC2(CC1)CCN(Cc1ccc(Br)cc1)C2=O)NC(=O)CC1CC1. The summed E-state index contributed by atoms with van der Waals surface area (Å²) >= 11 is 3.49. The molecule has 2 heterocycles. The molecule has 3 aliphatic rings. The van der Waals surface area contributed by atoms with Crippen LogP contribution < -0.4 is 10.1 Å². The van der Waals surface area contributed by atoms with E-state index in [1.165, 1.54) is 18.4 Å². The first-order chi connectivity index (χ1) is 18.0. The van der Waals surface area contributed by atoms with E-state index in [1.54, 1.807) is 7.11 Å². The highest BCUT2D eigenvalue weighted by Crippen LogP contribution is 2.42. The van der Waals surface area contributed by atoms with Gasteiger partial charge in [-0.3, -0.25) is 9.59 Å². The Labute approximate surface area is 228 Å². The predicted molar refractivity (Wildman–Crippen MR) is 148 cm³/mol. The van der Waals surface area contributed by atoms with Crippen molar-refractivity contribution in [2.24, 2.45) is 11.3 Å². The average Bonchev–Trinajstić information content (AvgIpc) is 3.69. The zero-order chi connectivity index (χ0) is 25.8. The minimum Gasteiger partial charge on any atom is -0.496 e. The lowest BCUT2D eigenvalue weighted by atomic mass is 9.77. The summed E-state index contributed by atoms with van der Waals surface area (Å²) in [5, 5.41) is 3.30. The Morgan fingerprint density at radius 3 is 2.49 bits per heavy atom. The number of hydrogen-bond donors (Lipinski definition) is 1. The van der Waals surface area contributed by atoms with Crippen LogP contribution in [0.5, 0.6) is 5.75 Å². The number of hydrogen-bond acceptors (Lipinski definition) is 4. The zero-order valence-electron chi connectivity index (χ0n) is 21.8. The number of halogens is 1. The zero-order valence-corrected chi connectivity index (χ0v) is 23.3. The fraction of sp³-hybridized carbons (Fsp3) is 0.533. The van der Waals surface area contributed by atoms with Crippen molar-refractivity contribution in [3.63, 3.8) is 0 Å². The second kappa shape index (κ2) is 11.6. The number of nitrogens with zero attached hydrogens (tertiary/aromatic N) is 2. The molecule has 2 aromatic carbocycles. The van der Waals surface area contributed by atoms with Crippen molar-refractivity contribution in [1.82, 2.24) is 15.1 Å². The van der Waals surface area contributed by atoms with Gasteiger partial charge in [-0.1, -0.05) is 46.3 Å². The third-order valence-corrected chi connectivity index (χ3v) is 8.98. The van der Waals surface area contributed by atoms with Crippen molar-refractivity contribution >= 4 is 27.7 Å². The van der Waals surface area contributed by atoms with Crippen molar-refractivity contribution < 1.29 is 14.3 Å². The second-order valence-electron chi connectivity index (χ2n) is 11.0. The minimum atomic E-state index is -0.202. The summed E-state index contributed by atoms with van der Waals surface area (Å²) in [7, 11) is 1.69. The summed E-state index contributed by atoms with van der Waals surface area (Å²) in [6.45, 7) is 4.27. The number of ether oxygens (including phenoxy) is 1. The number of carbonyl (C=O) groups is 2. The number of nitrogens with one attached hydrogen (secondary N) is 1.